The van der Waals surface area contributed by atoms with Crippen molar-refractivity contribution in [1.29, 1.82) is 0 Å². The van der Waals surface area contributed by atoms with Crippen LogP contribution in [-0.2, 0) is 29.8 Å². The van der Waals surface area contributed by atoms with Crippen LogP contribution in [0.3, 0.4) is 0 Å². The first kappa shape index (κ1) is 43.6. The molecule has 4 aromatic rings. The predicted molar refractivity (Wildman–Crippen MR) is 207 cm³/mol. The maximum Gasteiger partial charge on any atom is 0.459 e. The van der Waals surface area contributed by atoms with Gasteiger partial charge < -0.3 is 24.8 Å². The van der Waals surface area contributed by atoms with Gasteiger partial charge in [-0.25, -0.2) is 18.3 Å². The average molecular weight is 815 g/mol. The van der Waals surface area contributed by atoms with E-state index in [1.54, 1.807) is 18.2 Å². The Morgan fingerprint density at radius 1 is 1.05 bits per heavy atom. The number of nitrogen functional groups attached to an aromatic ring is 1. The molecule has 0 saturated carbocycles. The number of benzene rings is 2. The third-order valence-corrected chi connectivity index (χ3v) is 11.2. The van der Waals surface area contributed by atoms with Crippen LogP contribution in [0.2, 0.25) is 0 Å². The number of fused-ring (bicyclic) bond motifs is 1. The number of esters is 1. The van der Waals surface area contributed by atoms with Crippen molar-refractivity contribution in [3.05, 3.63) is 78.1 Å². The van der Waals surface area contributed by atoms with E-state index in [-0.39, 0.29) is 47.7 Å². The Hall–Kier alpha value is -4.52. The van der Waals surface area contributed by atoms with E-state index in [0.717, 1.165) is 37.8 Å². The van der Waals surface area contributed by atoms with Crippen LogP contribution in [0.25, 0.3) is 11.2 Å². The molecule has 1 fully saturated rings. The quantitative estimate of drug-likeness (QED) is 0.0219. The normalized spacial score (nSPS) is 19.6. The second-order valence-electron chi connectivity index (χ2n) is 14.1. The summed E-state index contributed by atoms with van der Waals surface area (Å²) in [5, 5.41) is 13.8. The molecular formula is C40H50F3N6O7P. The van der Waals surface area contributed by atoms with E-state index in [9.17, 15) is 27.6 Å². The van der Waals surface area contributed by atoms with Gasteiger partial charge in [-0.3, -0.25) is 13.9 Å². The molecule has 5 atom stereocenters. The number of aliphatic hydroxyl groups excluding tert-OH is 1. The highest BCUT2D eigenvalue weighted by molar-refractivity contribution is 7.52. The van der Waals surface area contributed by atoms with E-state index in [0.29, 0.717) is 12.5 Å². The van der Waals surface area contributed by atoms with Gasteiger partial charge in [-0.1, -0.05) is 95.3 Å². The first-order chi connectivity index (χ1) is 27.4. The monoisotopic (exact) mass is 814 g/mol. The number of carbonyl (C=O) groups is 1. The molecule has 308 valence electrons. The second kappa shape index (κ2) is 20.8. The number of nitrogens with zero attached hydrogens (tertiary/aromatic N) is 4. The average Bonchev–Trinajstić information content (AvgIpc) is 3.75. The lowest BCUT2D eigenvalue weighted by Crippen LogP contribution is -2.44. The van der Waals surface area contributed by atoms with Crippen LogP contribution < -0.4 is 15.3 Å². The number of terminal acetylenes is 1. The fourth-order valence-electron chi connectivity index (χ4n) is 6.61. The summed E-state index contributed by atoms with van der Waals surface area (Å²) in [6.07, 6.45) is 15.1. The Morgan fingerprint density at radius 3 is 2.35 bits per heavy atom. The van der Waals surface area contributed by atoms with Crippen molar-refractivity contribution < 1.29 is 46.2 Å². The van der Waals surface area contributed by atoms with Gasteiger partial charge in [-0.2, -0.15) is 19.4 Å². The molecule has 17 heteroatoms. The lowest BCUT2D eigenvalue weighted by atomic mass is 9.99. The molecule has 0 unspecified atom stereocenters. The molecule has 0 amide bonds. The van der Waals surface area contributed by atoms with Crippen molar-refractivity contribution in [1.82, 2.24) is 24.6 Å². The number of carbonyl (C=O) groups excluding carboxylic acids is 1. The Balaban J connectivity index is 1.29. The highest BCUT2D eigenvalue weighted by Crippen LogP contribution is 2.48. The summed E-state index contributed by atoms with van der Waals surface area (Å²) >= 11 is 0. The van der Waals surface area contributed by atoms with Gasteiger partial charge in [0, 0.05) is 12.5 Å². The van der Waals surface area contributed by atoms with Gasteiger partial charge in [0.15, 0.2) is 22.6 Å². The Kier molecular flexibility index (Phi) is 15.9. The van der Waals surface area contributed by atoms with E-state index in [1.165, 1.54) is 61.6 Å². The van der Waals surface area contributed by atoms with E-state index < -0.39 is 62.0 Å². The maximum atomic E-state index is 14.7. The third kappa shape index (κ3) is 12.2. The highest BCUT2D eigenvalue weighted by Gasteiger charge is 2.50. The number of para-hydroxylation sites is 1. The Morgan fingerprint density at radius 2 is 1.70 bits per heavy atom. The summed E-state index contributed by atoms with van der Waals surface area (Å²) in [4.78, 5) is 25.0. The number of nitrogens with one attached hydrogen (secondary N) is 1. The number of hydrogen-bond acceptors (Lipinski definition) is 11. The highest BCUT2D eigenvalue weighted by atomic mass is 31.2. The van der Waals surface area contributed by atoms with E-state index in [1.807, 2.05) is 0 Å². The minimum absolute atomic E-state index is 0.0194. The second-order valence-corrected chi connectivity index (χ2v) is 15.8. The fraction of sp³-hybridized carbons (Fsp3) is 0.500. The van der Waals surface area contributed by atoms with Crippen molar-refractivity contribution in [2.75, 3.05) is 18.9 Å². The minimum atomic E-state index is -4.68. The first-order valence-electron chi connectivity index (χ1n) is 19.3. The van der Waals surface area contributed by atoms with Gasteiger partial charge >= 0.3 is 19.8 Å². The molecule has 1 aliphatic rings. The van der Waals surface area contributed by atoms with Crippen LogP contribution >= 0.6 is 7.75 Å². The molecule has 2 aromatic carbocycles. The SMILES string of the molecule is C#C[C@]1(CO[P@@](=O)(N[C@@H](Cc2cc(F)cc(F)c2)C(=O)OCCCCCCCCCCCCC)Oc2ccccc2)O[C@@H](n2cnc3c(N)nc(F)nc32)C[C@@H]1O. The molecule has 0 aliphatic carbocycles. The van der Waals surface area contributed by atoms with Gasteiger partial charge in [0.05, 0.1) is 12.9 Å². The Bertz CT molecular complexity index is 2000. The van der Waals surface area contributed by atoms with E-state index >= 15 is 0 Å². The summed E-state index contributed by atoms with van der Waals surface area (Å²) in [6, 6.07) is 9.18. The number of imidazole rings is 1. The predicted octanol–water partition coefficient (Wildman–Crippen LogP) is 7.74. The zero-order valence-corrected chi connectivity index (χ0v) is 32.9. The summed E-state index contributed by atoms with van der Waals surface area (Å²) in [6.45, 7) is 1.51. The van der Waals surface area contributed by atoms with Crippen LogP contribution in [0.4, 0.5) is 19.0 Å². The van der Waals surface area contributed by atoms with Crippen molar-refractivity contribution >= 4 is 30.7 Å². The maximum absolute atomic E-state index is 14.7. The third-order valence-electron chi connectivity index (χ3n) is 9.66. The minimum Gasteiger partial charge on any atom is -0.465 e. The fourth-order valence-corrected chi connectivity index (χ4v) is 8.13. The number of anilines is 1. The van der Waals surface area contributed by atoms with Gasteiger partial charge in [0.2, 0.25) is 0 Å². The van der Waals surface area contributed by atoms with E-state index in [2.05, 4.69) is 32.9 Å². The molecule has 0 spiro atoms. The number of nitrogens with two attached hydrogens (primary N) is 1. The standard InChI is InChI=1S/C40H50F3N6O7P/c1-3-5-6-7-8-9-10-11-12-13-17-20-53-38(51)32(23-28-21-29(41)24-30(42)22-28)48-57(52,56-31-18-15-14-16-19-31)54-26-40(4-2)33(50)25-34(55-40)49-27-45-35-36(44)46-39(43)47-37(35)49/h2,14-16,18-19,21-22,24,27,32-34,50H,3,5-13,17,20,23,25-26H2,1H3,(H,48,52)(H2,44,46,47)/t32-,33-,34+,40+,57-/m0/s1. The molecule has 4 N–H and O–H groups in total. The van der Waals surface area contributed by atoms with Gasteiger partial charge in [-0.05, 0) is 42.7 Å². The number of hydrogen-bond donors (Lipinski definition) is 3. The van der Waals surface area contributed by atoms with Crippen LogP contribution in [0, 0.1) is 30.1 Å². The molecule has 57 heavy (non-hydrogen) atoms. The number of rotatable bonds is 23. The number of aliphatic hydroxyl groups is 1. The molecule has 3 heterocycles. The zero-order valence-electron chi connectivity index (χ0n) is 32.0. The molecule has 5 rings (SSSR count). The first-order valence-corrected chi connectivity index (χ1v) is 20.9. The summed E-state index contributed by atoms with van der Waals surface area (Å²) < 4.78 is 82.0. The largest absolute Gasteiger partial charge is 0.465 e. The van der Waals surface area contributed by atoms with Crippen molar-refractivity contribution in [3.8, 4) is 18.1 Å². The number of ether oxygens (including phenoxy) is 2. The molecular weight excluding hydrogens is 764 g/mol. The molecule has 2 aromatic heterocycles. The van der Waals surface area contributed by atoms with Crippen molar-refractivity contribution in [2.24, 2.45) is 0 Å². The van der Waals surface area contributed by atoms with Gasteiger partial charge in [0.25, 0.3) is 0 Å². The smallest absolute Gasteiger partial charge is 0.459 e. The number of aromatic nitrogens is 4. The number of halogens is 3. The zero-order chi connectivity index (χ0) is 40.8. The Labute approximate surface area is 330 Å². The lowest BCUT2D eigenvalue weighted by molar-refractivity contribution is -0.146. The van der Waals surface area contributed by atoms with Crippen LogP contribution in [-0.4, -0.2) is 61.6 Å². The van der Waals surface area contributed by atoms with Crippen molar-refractivity contribution in [2.45, 2.75) is 114 Å². The molecule has 0 radical (unpaired) electrons. The van der Waals surface area contributed by atoms with Gasteiger partial charge in [-0.15, -0.1) is 6.42 Å². The molecule has 0 bridgehead atoms. The van der Waals surface area contributed by atoms with E-state index in [4.69, 9.17) is 30.7 Å². The topological polar surface area (TPSA) is 173 Å². The van der Waals surface area contributed by atoms with Crippen LogP contribution in [0.15, 0.2) is 54.9 Å². The summed E-state index contributed by atoms with van der Waals surface area (Å²) in [5.74, 6) is -0.375. The molecule has 1 saturated heterocycles. The summed E-state index contributed by atoms with van der Waals surface area (Å²) in [7, 11) is -4.68. The molecule has 1 aliphatic heterocycles. The summed E-state index contributed by atoms with van der Waals surface area (Å²) in [5.41, 5.74) is 3.99. The molecule has 13 nitrogen and oxygen atoms in total. The lowest BCUT2D eigenvalue weighted by Gasteiger charge is -2.30. The van der Waals surface area contributed by atoms with Crippen LogP contribution in [0.5, 0.6) is 5.75 Å². The number of unbranched alkanes of at least 4 members (excludes halogenated alkanes) is 10. The van der Waals surface area contributed by atoms with Crippen molar-refractivity contribution in [3.63, 3.8) is 0 Å². The van der Waals surface area contributed by atoms with Crippen LogP contribution in [0.1, 0.15) is 95.8 Å². The van der Waals surface area contributed by atoms with Gasteiger partial charge in [0.1, 0.15) is 42.4 Å².